The van der Waals surface area contributed by atoms with Crippen molar-refractivity contribution >= 4 is 0 Å². The normalized spacial score (nSPS) is 18.3. The Hall–Kier alpha value is -1.58. The first kappa shape index (κ1) is 9.96. The van der Waals surface area contributed by atoms with Crippen LogP contribution < -0.4 is 0 Å². The summed E-state index contributed by atoms with van der Waals surface area (Å²) in [6.07, 6.45) is 0. The second-order valence-corrected chi connectivity index (χ2v) is 4.59. The van der Waals surface area contributed by atoms with Crippen molar-refractivity contribution in [2.75, 3.05) is 0 Å². The van der Waals surface area contributed by atoms with Crippen LogP contribution in [-0.4, -0.2) is 0 Å². The molecule has 1 aliphatic rings. The number of benzene rings is 1. The smallest absolute Gasteiger partial charge is 0.129 e. The van der Waals surface area contributed by atoms with Crippen LogP contribution in [0.15, 0.2) is 44.9 Å². The SMILES string of the molecule is CC(C)(C)C1(c2cc[c]cc2)N=NN=N1. The van der Waals surface area contributed by atoms with Gasteiger partial charge in [-0.3, -0.25) is 0 Å². The minimum absolute atomic E-state index is 0.155. The summed E-state index contributed by atoms with van der Waals surface area (Å²) < 4.78 is 0. The van der Waals surface area contributed by atoms with E-state index in [1.54, 1.807) is 0 Å². The minimum atomic E-state index is -0.678. The zero-order chi connectivity index (χ0) is 10.9. The van der Waals surface area contributed by atoms with Gasteiger partial charge in [0.1, 0.15) is 0 Å². The lowest BCUT2D eigenvalue weighted by Gasteiger charge is -2.33. The molecule has 15 heavy (non-hydrogen) atoms. The van der Waals surface area contributed by atoms with Gasteiger partial charge < -0.3 is 0 Å². The molecule has 1 heterocycles. The van der Waals surface area contributed by atoms with Crippen molar-refractivity contribution in [1.29, 1.82) is 0 Å². The van der Waals surface area contributed by atoms with Crippen LogP contribution in [0, 0.1) is 11.5 Å². The first-order valence-corrected chi connectivity index (χ1v) is 4.87. The van der Waals surface area contributed by atoms with Crippen molar-refractivity contribution in [3.8, 4) is 0 Å². The van der Waals surface area contributed by atoms with E-state index in [2.05, 4.69) is 47.5 Å². The quantitative estimate of drug-likeness (QED) is 0.667. The van der Waals surface area contributed by atoms with E-state index >= 15 is 0 Å². The molecule has 0 saturated heterocycles. The fraction of sp³-hybridized carbons (Fsp3) is 0.455. The molecule has 4 nitrogen and oxygen atoms in total. The zero-order valence-electron chi connectivity index (χ0n) is 9.10. The summed E-state index contributed by atoms with van der Waals surface area (Å²) in [5, 5.41) is 15.7. The van der Waals surface area contributed by atoms with Crippen molar-refractivity contribution < 1.29 is 0 Å². The van der Waals surface area contributed by atoms with E-state index in [9.17, 15) is 0 Å². The molecular formula is C11H13N4. The lowest BCUT2D eigenvalue weighted by Crippen LogP contribution is -2.34. The molecule has 0 amide bonds. The summed E-state index contributed by atoms with van der Waals surface area (Å²) in [4.78, 5) is 0. The van der Waals surface area contributed by atoms with Gasteiger partial charge in [0.15, 0.2) is 0 Å². The first-order valence-electron chi connectivity index (χ1n) is 4.87. The third kappa shape index (κ3) is 1.46. The molecule has 0 saturated carbocycles. The highest BCUT2D eigenvalue weighted by atomic mass is 15.6. The van der Waals surface area contributed by atoms with Gasteiger partial charge in [0.25, 0.3) is 0 Å². The molecule has 1 aromatic rings. The summed E-state index contributed by atoms with van der Waals surface area (Å²) in [7, 11) is 0. The van der Waals surface area contributed by atoms with Gasteiger partial charge >= 0.3 is 0 Å². The van der Waals surface area contributed by atoms with Gasteiger partial charge in [0, 0.05) is 11.0 Å². The van der Waals surface area contributed by atoms with Crippen LogP contribution in [0.4, 0.5) is 0 Å². The molecule has 0 bridgehead atoms. The van der Waals surface area contributed by atoms with E-state index in [4.69, 9.17) is 0 Å². The van der Waals surface area contributed by atoms with Crippen LogP contribution in [-0.2, 0) is 5.66 Å². The van der Waals surface area contributed by atoms with Crippen LogP contribution >= 0.6 is 0 Å². The number of hydrogen-bond acceptors (Lipinski definition) is 4. The second-order valence-electron chi connectivity index (χ2n) is 4.59. The van der Waals surface area contributed by atoms with Crippen LogP contribution in [0.25, 0.3) is 0 Å². The molecular weight excluding hydrogens is 188 g/mol. The van der Waals surface area contributed by atoms with Crippen LogP contribution in [0.3, 0.4) is 0 Å². The number of hydrogen-bond donors (Lipinski definition) is 0. The Morgan fingerprint density at radius 2 is 1.60 bits per heavy atom. The molecule has 0 unspecified atom stereocenters. The molecule has 1 aromatic carbocycles. The van der Waals surface area contributed by atoms with Crippen molar-refractivity contribution in [1.82, 2.24) is 0 Å². The van der Waals surface area contributed by atoms with E-state index in [1.807, 2.05) is 24.3 Å². The van der Waals surface area contributed by atoms with E-state index in [-0.39, 0.29) is 5.41 Å². The zero-order valence-corrected chi connectivity index (χ0v) is 9.10. The lowest BCUT2D eigenvalue weighted by molar-refractivity contribution is 0.197. The summed E-state index contributed by atoms with van der Waals surface area (Å²) in [5.74, 6) is 0. The lowest BCUT2D eigenvalue weighted by atomic mass is 9.77. The van der Waals surface area contributed by atoms with E-state index in [0.717, 1.165) is 5.56 Å². The topological polar surface area (TPSA) is 49.4 Å². The molecule has 0 fully saturated rings. The average molecular weight is 201 g/mol. The van der Waals surface area contributed by atoms with Gasteiger partial charge in [-0.15, -0.1) is 10.2 Å². The maximum absolute atomic E-state index is 4.19. The fourth-order valence-electron chi connectivity index (χ4n) is 1.66. The molecule has 0 spiro atoms. The van der Waals surface area contributed by atoms with Gasteiger partial charge in [-0.1, -0.05) is 45.0 Å². The van der Waals surface area contributed by atoms with Gasteiger partial charge in [0.2, 0.25) is 5.66 Å². The predicted molar refractivity (Wildman–Crippen MR) is 56.1 cm³/mol. The Labute approximate surface area is 89.1 Å². The summed E-state index contributed by atoms with van der Waals surface area (Å²) in [6.45, 7) is 6.23. The molecule has 0 N–H and O–H groups in total. The molecule has 1 aliphatic heterocycles. The highest BCUT2D eigenvalue weighted by molar-refractivity contribution is 5.26. The fourth-order valence-corrected chi connectivity index (χ4v) is 1.66. The molecule has 0 aliphatic carbocycles. The van der Waals surface area contributed by atoms with Crippen molar-refractivity contribution in [2.45, 2.75) is 26.4 Å². The Kier molecular flexibility index (Phi) is 2.14. The van der Waals surface area contributed by atoms with Gasteiger partial charge in [-0.05, 0) is 16.5 Å². The summed E-state index contributed by atoms with van der Waals surface area (Å²) in [6, 6.07) is 10.6. The maximum Gasteiger partial charge on any atom is 0.224 e. The molecule has 4 heteroatoms. The average Bonchev–Trinajstić information content (AvgIpc) is 2.68. The third-order valence-corrected chi connectivity index (χ3v) is 2.59. The molecule has 0 atom stereocenters. The highest BCUT2D eigenvalue weighted by Crippen LogP contribution is 2.46. The van der Waals surface area contributed by atoms with E-state index in [1.165, 1.54) is 0 Å². The molecule has 2 rings (SSSR count). The Morgan fingerprint density at radius 1 is 1.07 bits per heavy atom. The van der Waals surface area contributed by atoms with Gasteiger partial charge in [0.05, 0.1) is 0 Å². The van der Waals surface area contributed by atoms with Crippen LogP contribution in [0.2, 0.25) is 0 Å². The van der Waals surface area contributed by atoms with E-state index in [0.29, 0.717) is 0 Å². The molecule has 1 radical (unpaired) electrons. The highest BCUT2D eigenvalue weighted by Gasteiger charge is 2.46. The maximum atomic E-state index is 4.19. The monoisotopic (exact) mass is 201 g/mol. The van der Waals surface area contributed by atoms with Crippen LogP contribution in [0.5, 0.6) is 0 Å². The second kappa shape index (κ2) is 3.22. The number of nitrogens with zero attached hydrogens (tertiary/aromatic N) is 4. The first-order chi connectivity index (χ1) is 7.06. The Balaban J connectivity index is 2.55. The van der Waals surface area contributed by atoms with Gasteiger partial charge in [-0.25, -0.2) is 0 Å². The summed E-state index contributed by atoms with van der Waals surface area (Å²) in [5.41, 5.74) is 0.165. The van der Waals surface area contributed by atoms with Gasteiger partial charge in [-0.2, -0.15) is 0 Å². The van der Waals surface area contributed by atoms with Crippen molar-refractivity contribution in [2.24, 2.45) is 26.1 Å². The standard InChI is InChI=1S/C11H13N4/c1-10(2,3)11(12-14-15-13-11)9-7-5-4-6-8-9/h5-8H,1-3H3. The van der Waals surface area contributed by atoms with Crippen molar-refractivity contribution in [3.05, 3.63) is 35.9 Å². The predicted octanol–water partition coefficient (Wildman–Crippen LogP) is 3.52. The van der Waals surface area contributed by atoms with E-state index < -0.39 is 5.66 Å². The Bertz CT molecular complexity index is 388. The largest absolute Gasteiger partial charge is 0.224 e. The molecule has 77 valence electrons. The minimum Gasteiger partial charge on any atom is -0.129 e. The van der Waals surface area contributed by atoms with Crippen LogP contribution in [0.1, 0.15) is 26.3 Å². The third-order valence-electron chi connectivity index (χ3n) is 2.59. The molecule has 0 aromatic heterocycles. The number of rotatable bonds is 1. The Morgan fingerprint density at radius 3 is 2.07 bits per heavy atom. The van der Waals surface area contributed by atoms with Crippen molar-refractivity contribution in [3.63, 3.8) is 0 Å². The summed E-state index contributed by atoms with van der Waals surface area (Å²) >= 11 is 0.